The van der Waals surface area contributed by atoms with Crippen LogP contribution in [0.4, 0.5) is 8.78 Å². The third-order valence-electron chi connectivity index (χ3n) is 3.15. The molecular formula is C14H20F2O. The monoisotopic (exact) mass is 242 g/mol. The number of aliphatic hydroxyl groups is 1. The highest BCUT2D eigenvalue weighted by molar-refractivity contribution is 5.26. The first-order valence-electron chi connectivity index (χ1n) is 6.03. The first kappa shape index (κ1) is 14.1. The van der Waals surface area contributed by atoms with Crippen molar-refractivity contribution in [2.24, 2.45) is 5.92 Å². The largest absolute Gasteiger partial charge is 0.388 e. The van der Waals surface area contributed by atoms with Gasteiger partial charge < -0.3 is 5.11 Å². The summed E-state index contributed by atoms with van der Waals surface area (Å²) >= 11 is 0. The van der Waals surface area contributed by atoms with Crippen molar-refractivity contribution in [1.82, 2.24) is 0 Å². The van der Waals surface area contributed by atoms with Crippen LogP contribution in [0.2, 0.25) is 0 Å². The molecule has 0 radical (unpaired) electrons. The Balaban J connectivity index is 2.85. The highest BCUT2D eigenvalue weighted by Gasteiger charge is 2.27. The lowest BCUT2D eigenvalue weighted by atomic mass is 9.92. The Hall–Kier alpha value is -0.960. The lowest BCUT2D eigenvalue weighted by molar-refractivity contribution is -0.0110. The van der Waals surface area contributed by atoms with Crippen molar-refractivity contribution >= 4 is 0 Å². The third-order valence-corrected chi connectivity index (χ3v) is 3.15. The molecule has 1 rings (SSSR count). The third kappa shape index (κ3) is 3.50. The first-order valence-corrected chi connectivity index (χ1v) is 6.03. The molecule has 17 heavy (non-hydrogen) atoms. The highest BCUT2D eigenvalue weighted by Crippen LogP contribution is 2.30. The topological polar surface area (TPSA) is 20.2 Å². The average molecular weight is 242 g/mol. The van der Waals surface area contributed by atoms with Crippen molar-refractivity contribution in [2.75, 3.05) is 0 Å². The second-order valence-electron chi connectivity index (χ2n) is 4.67. The van der Waals surface area contributed by atoms with Crippen LogP contribution >= 0.6 is 0 Å². The Kier molecular flexibility index (Phi) is 5.06. The molecule has 96 valence electrons. The van der Waals surface area contributed by atoms with Crippen LogP contribution in [0.25, 0.3) is 0 Å². The van der Waals surface area contributed by atoms with E-state index in [1.165, 1.54) is 0 Å². The molecule has 0 aromatic heterocycles. The fourth-order valence-electron chi connectivity index (χ4n) is 1.86. The molecule has 0 aliphatic rings. The summed E-state index contributed by atoms with van der Waals surface area (Å²) in [5.74, 6) is -0.585. The van der Waals surface area contributed by atoms with Crippen molar-refractivity contribution in [2.45, 2.75) is 45.6 Å². The minimum Gasteiger partial charge on any atom is -0.388 e. The van der Waals surface area contributed by atoms with E-state index in [2.05, 4.69) is 13.8 Å². The molecule has 1 N–H and O–H groups in total. The second kappa shape index (κ2) is 6.10. The van der Waals surface area contributed by atoms with Crippen molar-refractivity contribution < 1.29 is 13.9 Å². The van der Waals surface area contributed by atoms with Gasteiger partial charge in [-0.3, -0.25) is 0 Å². The number of benzene rings is 1. The zero-order valence-electron chi connectivity index (χ0n) is 10.5. The second-order valence-corrected chi connectivity index (χ2v) is 4.67. The van der Waals surface area contributed by atoms with Gasteiger partial charge in [0.05, 0.1) is 6.10 Å². The molecule has 1 nitrogen and oxygen atoms in total. The predicted molar refractivity (Wildman–Crippen MR) is 65.3 cm³/mol. The standard InChI is InChI=1S/C14H20F2O/c1-4-12(14(15)16)13(17)11-7-5-10(6-8-11)9(2)3/h5-9,12-14,17H,4H2,1-3H3. The minimum atomic E-state index is -2.49. The number of halogens is 2. The van der Waals surface area contributed by atoms with E-state index in [0.29, 0.717) is 11.5 Å². The van der Waals surface area contributed by atoms with E-state index >= 15 is 0 Å². The Labute approximate surface area is 101 Å². The van der Waals surface area contributed by atoms with Crippen molar-refractivity contribution in [3.8, 4) is 0 Å². The average Bonchev–Trinajstić information content (AvgIpc) is 2.29. The maximum Gasteiger partial charge on any atom is 0.244 e. The van der Waals surface area contributed by atoms with Crippen molar-refractivity contribution in [3.05, 3.63) is 35.4 Å². The van der Waals surface area contributed by atoms with Crippen LogP contribution in [0.3, 0.4) is 0 Å². The molecule has 0 bridgehead atoms. The van der Waals surface area contributed by atoms with E-state index in [1.54, 1.807) is 19.1 Å². The van der Waals surface area contributed by atoms with Crippen LogP contribution in [0.15, 0.2) is 24.3 Å². The molecule has 1 aromatic carbocycles. The van der Waals surface area contributed by atoms with Gasteiger partial charge in [0, 0.05) is 5.92 Å². The summed E-state index contributed by atoms with van der Waals surface area (Å²) in [5.41, 5.74) is 1.72. The zero-order chi connectivity index (χ0) is 13.0. The Bertz CT molecular complexity index is 333. The van der Waals surface area contributed by atoms with Crippen molar-refractivity contribution in [1.29, 1.82) is 0 Å². The van der Waals surface area contributed by atoms with Crippen LogP contribution < -0.4 is 0 Å². The van der Waals surface area contributed by atoms with Gasteiger partial charge in [0.25, 0.3) is 0 Å². The smallest absolute Gasteiger partial charge is 0.244 e. The van der Waals surface area contributed by atoms with Gasteiger partial charge in [0.15, 0.2) is 0 Å². The number of hydrogen-bond donors (Lipinski definition) is 1. The number of alkyl halides is 2. The zero-order valence-corrected chi connectivity index (χ0v) is 10.5. The fourth-order valence-corrected chi connectivity index (χ4v) is 1.86. The highest BCUT2D eigenvalue weighted by atomic mass is 19.3. The Morgan fingerprint density at radius 3 is 1.88 bits per heavy atom. The van der Waals surface area contributed by atoms with E-state index < -0.39 is 18.4 Å². The van der Waals surface area contributed by atoms with Crippen molar-refractivity contribution in [3.63, 3.8) is 0 Å². The van der Waals surface area contributed by atoms with Gasteiger partial charge in [0.2, 0.25) is 6.43 Å². The molecule has 0 aliphatic carbocycles. The molecule has 0 amide bonds. The Morgan fingerprint density at radius 1 is 1.06 bits per heavy atom. The molecule has 3 heteroatoms. The summed E-state index contributed by atoms with van der Waals surface area (Å²) in [6, 6.07) is 7.26. The van der Waals surface area contributed by atoms with Gasteiger partial charge in [-0.15, -0.1) is 0 Å². The maximum atomic E-state index is 12.7. The van der Waals surface area contributed by atoms with Gasteiger partial charge in [-0.1, -0.05) is 45.0 Å². The molecule has 2 unspecified atom stereocenters. The minimum absolute atomic E-state index is 0.269. The Morgan fingerprint density at radius 2 is 1.53 bits per heavy atom. The lowest BCUT2D eigenvalue weighted by Gasteiger charge is -2.21. The van der Waals surface area contributed by atoms with E-state index in [-0.39, 0.29) is 6.42 Å². The molecular weight excluding hydrogens is 222 g/mol. The molecule has 1 aromatic rings. The molecule has 0 aliphatic heterocycles. The van der Waals surface area contributed by atoms with Gasteiger partial charge >= 0.3 is 0 Å². The summed E-state index contributed by atoms with van der Waals surface area (Å²) in [4.78, 5) is 0. The van der Waals surface area contributed by atoms with Gasteiger partial charge in [-0.05, 0) is 23.5 Å². The van der Waals surface area contributed by atoms with Crippen LogP contribution in [-0.2, 0) is 0 Å². The van der Waals surface area contributed by atoms with Crippen LogP contribution in [0, 0.1) is 5.92 Å². The molecule has 2 atom stereocenters. The molecule has 0 saturated carbocycles. The lowest BCUT2D eigenvalue weighted by Crippen LogP contribution is -2.19. The molecule has 0 saturated heterocycles. The van der Waals surface area contributed by atoms with Gasteiger partial charge in [0.1, 0.15) is 0 Å². The summed E-state index contributed by atoms with van der Waals surface area (Å²) in [6.45, 7) is 5.81. The predicted octanol–water partition coefficient (Wildman–Crippen LogP) is 4.13. The molecule has 0 heterocycles. The van der Waals surface area contributed by atoms with E-state index in [1.807, 2.05) is 12.1 Å². The molecule has 0 spiro atoms. The normalized spacial score (nSPS) is 15.3. The number of rotatable bonds is 5. The summed E-state index contributed by atoms with van der Waals surface area (Å²) in [7, 11) is 0. The van der Waals surface area contributed by atoms with E-state index in [9.17, 15) is 13.9 Å². The summed E-state index contributed by atoms with van der Waals surface area (Å²) in [6.07, 6.45) is -3.30. The van der Waals surface area contributed by atoms with Gasteiger partial charge in [-0.25, -0.2) is 8.78 Å². The SMILES string of the molecule is CCC(C(F)F)C(O)c1ccc(C(C)C)cc1. The van der Waals surface area contributed by atoms with E-state index in [0.717, 1.165) is 5.56 Å². The van der Waals surface area contributed by atoms with Crippen LogP contribution in [-0.4, -0.2) is 11.5 Å². The molecule has 0 fully saturated rings. The fraction of sp³-hybridized carbons (Fsp3) is 0.571. The number of aliphatic hydroxyl groups excluding tert-OH is 1. The van der Waals surface area contributed by atoms with Gasteiger partial charge in [-0.2, -0.15) is 0 Å². The summed E-state index contributed by atoms with van der Waals surface area (Å²) < 4.78 is 25.4. The first-order chi connectivity index (χ1) is 7.97. The van der Waals surface area contributed by atoms with Crippen LogP contribution in [0.5, 0.6) is 0 Å². The maximum absolute atomic E-state index is 12.7. The van der Waals surface area contributed by atoms with Crippen LogP contribution in [0.1, 0.15) is 50.3 Å². The van der Waals surface area contributed by atoms with E-state index in [4.69, 9.17) is 0 Å². The summed E-state index contributed by atoms with van der Waals surface area (Å²) in [5, 5.41) is 9.90. The quantitative estimate of drug-likeness (QED) is 0.823. The number of hydrogen-bond acceptors (Lipinski definition) is 1.